The van der Waals surface area contributed by atoms with Crippen molar-refractivity contribution in [2.75, 3.05) is 33.8 Å². The zero-order valence-electron chi connectivity index (χ0n) is 33.3. The lowest BCUT2D eigenvalue weighted by molar-refractivity contribution is -0.144. The van der Waals surface area contributed by atoms with Gasteiger partial charge in [0.15, 0.2) is 0 Å². The Labute approximate surface area is 329 Å². The van der Waals surface area contributed by atoms with Gasteiger partial charge in [-0.1, -0.05) is 107 Å². The third-order valence-corrected chi connectivity index (χ3v) is 10.4. The molecule has 1 aliphatic carbocycles. The van der Waals surface area contributed by atoms with Crippen LogP contribution in [-0.2, 0) is 33.5 Å². The number of ether oxygens (including phenoxy) is 1. The molecule has 0 spiro atoms. The summed E-state index contributed by atoms with van der Waals surface area (Å²) in [5.74, 6) is -4.52. The molecule has 0 aromatic heterocycles. The first-order chi connectivity index (χ1) is 26.8. The zero-order chi connectivity index (χ0) is 40.8. The summed E-state index contributed by atoms with van der Waals surface area (Å²) in [4.78, 5) is 97.3. The van der Waals surface area contributed by atoms with Crippen molar-refractivity contribution in [2.24, 2.45) is 11.8 Å². The number of amides is 6. The van der Waals surface area contributed by atoms with Crippen molar-refractivity contribution in [3.05, 3.63) is 71.8 Å². The van der Waals surface area contributed by atoms with Gasteiger partial charge in [0.2, 0.25) is 29.4 Å². The smallest absolute Gasteiger partial charge is 0.407 e. The minimum absolute atomic E-state index is 0.103. The molecule has 1 saturated carbocycles. The van der Waals surface area contributed by atoms with Gasteiger partial charge in [-0.15, -0.1) is 0 Å². The summed E-state index contributed by atoms with van der Waals surface area (Å²) in [7, 11) is 3.12. The van der Waals surface area contributed by atoms with Crippen LogP contribution < -0.4 is 21.3 Å². The maximum Gasteiger partial charge on any atom is 0.407 e. The summed E-state index contributed by atoms with van der Waals surface area (Å²) in [6.07, 6.45) is 4.70. The SMILES string of the molecule is CCC[C@@H](NC(=O)[C@@H]1[C@H](c2ccccc2)CCN1C(=O)[C@@H](NC(=O)OCC(C)C)C1CCCCC1)C(=O)C(=O)NCC(=O)N[C@H](C(=O)N(C)C)c1ccccc1. The van der Waals surface area contributed by atoms with Gasteiger partial charge in [-0.25, -0.2) is 4.79 Å². The van der Waals surface area contributed by atoms with E-state index >= 15 is 0 Å². The molecule has 1 saturated heterocycles. The van der Waals surface area contributed by atoms with E-state index < -0.39 is 66.2 Å². The van der Waals surface area contributed by atoms with Gasteiger partial charge in [0.05, 0.1) is 19.2 Å². The van der Waals surface area contributed by atoms with Crippen LogP contribution in [0, 0.1) is 11.8 Å². The van der Waals surface area contributed by atoms with Gasteiger partial charge in [0.1, 0.15) is 18.1 Å². The molecule has 14 nitrogen and oxygen atoms in total. The van der Waals surface area contributed by atoms with E-state index in [0.717, 1.165) is 37.7 Å². The quantitative estimate of drug-likeness (QED) is 0.176. The lowest BCUT2D eigenvalue weighted by Crippen LogP contribution is -2.59. The molecule has 14 heteroatoms. The maximum atomic E-state index is 14.5. The molecular formula is C42H58N6O8. The number of carbonyl (C=O) groups is 7. The van der Waals surface area contributed by atoms with Gasteiger partial charge < -0.3 is 35.8 Å². The Bertz CT molecular complexity index is 1660. The fourth-order valence-corrected chi connectivity index (χ4v) is 7.48. The van der Waals surface area contributed by atoms with E-state index in [0.29, 0.717) is 18.4 Å². The number of rotatable bonds is 17. The Morgan fingerprint density at radius 2 is 1.48 bits per heavy atom. The van der Waals surface area contributed by atoms with Crippen LogP contribution >= 0.6 is 0 Å². The average molecular weight is 775 g/mol. The first-order valence-electron chi connectivity index (χ1n) is 19.8. The second kappa shape index (κ2) is 21.1. The Balaban J connectivity index is 1.51. The highest BCUT2D eigenvalue weighted by atomic mass is 16.5. The Hall–Kier alpha value is -5.27. The third kappa shape index (κ3) is 11.9. The van der Waals surface area contributed by atoms with E-state index in [4.69, 9.17) is 4.74 Å². The Morgan fingerprint density at radius 3 is 2.09 bits per heavy atom. The summed E-state index contributed by atoms with van der Waals surface area (Å²) >= 11 is 0. The van der Waals surface area contributed by atoms with Crippen LogP contribution in [0.2, 0.25) is 0 Å². The van der Waals surface area contributed by atoms with Crippen LogP contribution in [0.15, 0.2) is 60.7 Å². The minimum Gasteiger partial charge on any atom is -0.449 e. The fraction of sp³-hybridized carbons (Fsp3) is 0.548. The molecule has 0 unspecified atom stereocenters. The first-order valence-corrected chi connectivity index (χ1v) is 19.8. The topological polar surface area (TPSA) is 183 Å². The lowest BCUT2D eigenvalue weighted by atomic mass is 9.83. The highest BCUT2D eigenvalue weighted by Gasteiger charge is 2.47. The predicted octanol–water partition coefficient (Wildman–Crippen LogP) is 3.62. The van der Waals surface area contributed by atoms with Crippen LogP contribution in [0.25, 0.3) is 0 Å². The summed E-state index contributed by atoms with van der Waals surface area (Å²) in [6, 6.07) is 13.8. The summed E-state index contributed by atoms with van der Waals surface area (Å²) in [5, 5.41) is 10.6. The summed E-state index contributed by atoms with van der Waals surface area (Å²) < 4.78 is 5.41. The van der Waals surface area contributed by atoms with Gasteiger partial charge in [-0.2, -0.15) is 0 Å². The second-order valence-electron chi connectivity index (χ2n) is 15.3. The van der Waals surface area contributed by atoms with Crippen molar-refractivity contribution >= 4 is 41.4 Å². The first kappa shape index (κ1) is 43.5. The average Bonchev–Trinajstić information content (AvgIpc) is 3.66. The van der Waals surface area contributed by atoms with E-state index in [1.807, 2.05) is 44.2 Å². The number of likely N-dealkylation sites (N-methyl/N-ethyl adjacent to an activating group) is 1. The van der Waals surface area contributed by atoms with Crippen molar-refractivity contribution in [1.82, 2.24) is 31.1 Å². The number of Topliss-reactive ketones (excluding diaryl/α,β-unsaturated/α-hetero) is 1. The van der Waals surface area contributed by atoms with Gasteiger partial charge in [-0.05, 0) is 48.6 Å². The largest absolute Gasteiger partial charge is 0.449 e. The number of carbonyl (C=O) groups excluding carboxylic acids is 7. The van der Waals surface area contributed by atoms with Gasteiger partial charge >= 0.3 is 6.09 Å². The van der Waals surface area contributed by atoms with E-state index in [2.05, 4.69) is 21.3 Å². The number of hydrogen-bond donors (Lipinski definition) is 4. The summed E-state index contributed by atoms with van der Waals surface area (Å²) in [6.45, 7) is 5.49. The molecule has 0 bridgehead atoms. The number of benzene rings is 2. The molecule has 5 atom stereocenters. The molecule has 56 heavy (non-hydrogen) atoms. The molecule has 304 valence electrons. The minimum atomic E-state index is -1.24. The van der Waals surface area contributed by atoms with Crippen molar-refractivity contribution in [3.63, 3.8) is 0 Å². The zero-order valence-corrected chi connectivity index (χ0v) is 33.3. The third-order valence-electron chi connectivity index (χ3n) is 10.4. The fourth-order valence-electron chi connectivity index (χ4n) is 7.48. The van der Waals surface area contributed by atoms with Crippen LogP contribution in [0.4, 0.5) is 4.79 Å². The van der Waals surface area contributed by atoms with E-state index in [9.17, 15) is 33.6 Å². The van der Waals surface area contributed by atoms with Crippen LogP contribution in [0.3, 0.4) is 0 Å². The number of likely N-dealkylation sites (tertiary alicyclic amines) is 1. The Morgan fingerprint density at radius 1 is 0.839 bits per heavy atom. The number of nitrogens with one attached hydrogen (secondary N) is 4. The molecule has 2 fully saturated rings. The van der Waals surface area contributed by atoms with Crippen molar-refractivity contribution in [1.29, 1.82) is 0 Å². The Kier molecular flexibility index (Phi) is 16.4. The van der Waals surface area contributed by atoms with Gasteiger partial charge in [-0.3, -0.25) is 28.8 Å². The summed E-state index contributed by atoms with van der Waals surface area (Å²) in [5.41, 5.74) is 1.39. The normalized spacial score (nSPS) is 18.6. The molecule has 2 aliphatic rings. The highest BCUT2D eigenvalue weighted by molar-refractivity contribution is 6.38. The van der Waals surface area contributed by atoms with Crippen molar-refractivity contribution < 1.29 is 38.3 Å². The molecule has 4 N–H and O–H groups in total. The van der Waals surface area contributed by atoms with E-state index in [1.54, 1.807) is 51.4 Å². The maximum absolute atomic E-state index is 14.5. The number of nitrogens with zero attached hydrogens (tertiary/aromatic N) is 2. The standard InChI is InChI=1S/C42H58N6O8/c1-6-16-32(37(50)39(52)43-25-33(49)45-34(40(53)47(4)5)29-19-12-8-13-20-29)44-38(51)36-31(28-17-10-7-11-18-28)23-24-48(36)41(54)35(30-21-14-9-15-22-30)46-42(55)56-26-27(2)3/h7-8,10-13,17-20,27,30-32,34-36H,6,9,14-16,21-26H2,1-5H3,(H,43,52)(H,44,51)(H,45,49)(H,46,55)/t31-,32+,34-,35-,36-/m0/s1. The molecule has 2 aromatic rings. The number of alkyl carbamates (subject to hydrolysis) is 1. The molecule has 4 rings (SSSR count). The van der Waals surface area contributed by atoms with E-state index in [1.165, 1.54) is 9.80 Å². The molecular weight excluding hydrogens is 716 g/mol. The highest BCUT2D eigenvalue weighted by Crippen LogP contribution is 2.36. The van der Waals surface area contributed by atoms with Crippen molar-refractivity contribution in [2.45, 2.75) is 102 Å². The van der Waals surface area contributed by atoms with Crippen LogP contribution in [0.5, 0.6) is 0 Å². The molecule has 2 aromatic carbocycles. The van der Waals surface area contributed by atoms with Gasteiger partial charge in [0.25, 0.3) is 5.91 Å². The van der Waals surface area contributed by atoms with Crippen LogP contribution in [0.1, 0.15) is 95.2 Å². The second-order valence-corrected chi connectivity index (χ2v) is 15.3. The number of hydrogen-bond acceptors (Lipinski definition) is 8. The monoisotopic (exact) mass is 774 g/mol. The van der Waals surface area contributed by atoms with Crippen molar-refractivity contribution in [3.8, 4) is 0 Å². The van der Waals surface area contributed by atoms with Crippen LogP contribution in [-0.4, -0.2) is 103 Å². The molecule has 1 heterocycles. The number of ketones is 1. The van der Waals surface area contributed by atoms with Gasteiger partial charge in [0, 0.05) is 26.6 Å². The van der Waals surface area contributed by atoms with E-state index in [-0.39, 0.29) is 43.2 Å². The lowest BCUT2D eigenvalue weighted by Gasteiger charge is -2.35. The molecule has 1 aliphatic heterocycles. The molecule has 6 amide bonds. The molecule has 0 radical (unpaired) electrons. The predicted molar refractivity (Wildman–Crippen MR) is 210 cm³/mol.